The number of hydrogen-bond acceptors (Lipinski definition) is 5. The number of amides is 2. The number of carbonyl (C=O) groups excluding carboxylic acids is 1. The molecule has 1 heterocycles. The largest absolute Gasteiger partial charge is 0.478 e. The van der Waals surface area contributed by atoms with Gasteiger partial charge in [-0.05, 0) is 0 Å². The zero-order valence-corrected chi connectivity index (χ0v) is 10.0. The first kappa shape index (κ1) is 12.8. The predicted molar refractivity (Wildman–Crippen MR) is 58.6 cm³/mol. The summed E-state index contributed by atoms with van der Waals surface area (Å²) in [5.41, 5.74) is 5.05. The molecule has 1 aliphatic rings. The van der Waals surface area contributed by atoms with Crippen molar-refractivity contribution < 1.29 is 17.9 Å². The van der Waals surface area contributed by atoms with Crippen molar-refractivity contribution in [2.24, 2.45) is 16.8 Å². The van der Waals surface area contributed by atoms with Gasteiger partial charge in [0.25, 0.3) is 0 Å². The van der Waals surface area contributed by atoms with E-state index < -0.39 is 15.9 Å². The van der Waals surface area contributed by atoms with Crippen LogP contribution in [0.3, 0.4) is 0 Å². The predicted octanol–water partition coefficient (Wildman–Crippen LogP) is -0.608. The molecule has 0 fully saturated rings. The number of nitrogens with two attached hydrogens (primary N) is 1. The standard InChI is InChI=1S/C8H15N3O4S/c1-6-5-11(8(9)12)10-7(6)15-3-4-16(2,13)14/h6H,3-5H2,1-2H3,(H2,9,12). The zero-order chi connectivity index (χ0) is 12.3. The maximum Gasteiger partial charge on any atom is 0.335 e. The average molecular weight is 249 g/mol. The van der Waals surface area contributed by atoms with Crippen LogP contribution in [0.2, 0.25) is 0 Å². The molecule has 2 N–H and O–H groups in total. The molecule has 2 amide bonds. The highest BCUT2D eigenvalue weighted by Crippen LogP contribution is 2.13. The Balaban J connectivity index is 2.48. The van der Waals surface area contributed by atoms with Crippen molar-refractivity contribution in [2.75, 3.05) is 25.2 Å². The van der Waals surface area contributed by atoms with Crippen LogP contribution in [0, 0.1) is 5.92 Å². The molecule has 0 saturated carbocycles. The monoisotopic (exact) mass is 249 g/mol. The van der Waals surface area contributed by atoms with Crippen LogP contribution < -0.4 is 5.73 Å². The summed E-state index contributed by atoms with van der Waals surface area (Å²) < 4.78 is 26.9. The fraction of sp³-hybridized carbons (Fsp3) is 0.750. The summed E-state index contributed by atoms with van der Waals surface area (Å²) in [7, 11) is -3.05. The van der Waals surface area contributed by atoms with Gasteiger partial charge in [0.15, 0.2) is 9.84 Å². The summed E-state index contributed by atoms with van der Waals surface area (Å²) in [5, 5.41) is 4.94. The number of nitrogens with zero attached hydrogens (tertiary/aromatic N) is 2. The van der Waals surface area contributed by atoms with Crippen molar-refractivity contribution >= 4 is 21.8 Å². The second-order valence-electron chi connectivity index (χ2n) is 3.74. The van der Waals surface area contributed by atoms with Gasteiger partial charge in [-0.3, -0.25) is 0 Å². The van der Waals surface area contributed by atoms with E-state index in [0.29, 0.717) is 12.4 Å². The van der Waals surface area contributed by atoms with E-state index in [-0.39, 0.29) is 18.3 Å². The summed E-state index contributed by atoms with van der Waals surface area (Å²) in [6, 6.07) is -0.645. The van der Waals surface area contributed by atoms with Gasteiger partial charge in [0.2, 0.25) is 5.90 Å². The fourth-order valence-electron chi connectivity index (χ4n) is 1.20. The van der Waals surface area contributed by atoms with Crippen molar-refractivity contribution in [3.8, 4) is 0 Å². The molecule has 0 radical (unpaired) electrons. The maximum atomic E-state index is 10.9. The summed E-state index contributed by atoms with van der Waals surface area (Å²) in [5.74, 6) is 0.212. The maximum absolute atomic E-state index is 10.9. The lowest BCUT2D eigenvalue weighted by Gasteiger charge is -2.07. The van der Waals surface area contributed by atoms with Crippen LogP contribution in [-0.2, 0) is 14.6 Å². The molecule has 0 bridgehead atoms. The smallest absolute Gasteiger partial charge is 0.335 e. The molecule has 92 valence electrons. The highest BCUT2D eigenvalue weighted by Gasteiger charge is 2.27. The Morgan fingerprint density at radius 2 is 2.31 bits per heavy atom. The lowest BCUT2D eigenvalue weighted by atomic mass is 10.2. The molecule has 1 rings (SSSR count). The third-order valence-corrected chi connectivity index (χ3v) is 2.95. The molecular formula is C8H15N3O4S. The van der Waals surface area contributed by atoms with Crippen molar-refractivity contribution in [3.63, 3.8) is 0 Å². The Morgan fingerprint density at radius 1 is 1.69 bits per heavy atom. The van der Waals surface area contributed by atoms with Gasteiger partial charge in [-0.2, -0.15) is 0 Å². The number of ether oxygens (including phenoxy) is 1. The Bertz CT molecular complexity index is 404. The molecular weight excluding hydrogens is 234 g/mol. The molecule has 1 atom stereocenters. The molecule has 1 unspecified atom stereocenters. The van der Waals surface area contributed by atoms with Crippen LogP contribution in [0.5, 0.6) is 0 Å². The van der Waals surface area contributed by atoms with E-state index in [0.717, 1.165) is 11.3 Å². The third-order valence-electron chi connectivity index (χ3n) is 2.05. The second-order valence-corrected chi connectivity index (χ2v) is 6.00. The average Bonchev–Trinajstić information content (AvgIpc) is 2.46. The van der Waals surface area contributed by atoms with Crippen LogP contribution in [0.25, 0.3) is 0 Å². The van der Waals surface area contributed by atoms with Gasteiger partial charge in [0.1, 0.15) is 6.61 Å². The first-order valence-corrected chi connectivity index (χ1v) is 6.81. The SMILES string of the molecule is CC1CN(C(N)=O)N=C1OCCS(C)(=O)=O. The van der Waals surface area contributed by atoms with Gasteiger partial charge in [0.05, 0.1) is 18.2 Å². The minimum atomic E-state index is -3.05. The Kier molecular flexibility index (Phi) is 3.74. The summed E-state index contributed by atoms with van der Waals surface area (Å²) in [6.07, 6.45) is 1.13. The van der Waals surface area contributed by atoms with Gasteiger partial charge in [-0.25, -0.2) is 18.2 Å². The highest BCUT2D eigenvalue weighted by molar-refractivity contribution is 7.90. The van der Waals surface area contributed by atoms with Gasteiger partial charge in [-0.1, -0.05) is 6.92 Å². The van der Waals surface area contributed by atoms with Crippen LogP contribution in [0.4, 0.5) is 4.79 Å². The minimum Gasteiger partial charge on any atom is -0.478 e. The number of hydrazone groups is 1. The molecule has 0 aromatic rings. The zero-order valence-electron chi connectivity index (χ0n) is 9.21. The molecule has 0 aliphatic carbocycles. The van der Waals surface area contributed by atoms with Crippen molar-refractivity contribution in [3.05, 3.63) is 0 Å². The Hall–Kier alpha value is -1.31. The molecule has 7 nitrogen and oxygen atoms in total. The number of urea groups is 1. The minimum absolute atomic E-state index is 0.0363. The van der Waals surface area contributed by atoms with Crippen LogP contribution in [0.1, 0.15) is 6.92 Å². The van der Waals surface area contributed by atoms with Crippen molar-refractivity contribution in [1.29, 1.82) is 0 Å². The molecule has 0 aromatic heterocycles. The van der Waals surface area contributed by atoms with E-state index in [1.54, 1.807) is 0 Å². The van der Waals surface area contributed by atoms with Crippen LogP contribution in [0.15, 0.2) is 5.10 Å². The number of rotatable bonds is 3. The quantitative estimate of drug-likeness (QED) is 0.720. The number of carbonyl (C=O) groups is 1. The lowest BCUT2D eigenvalue weighted by molar-refractivity contribution is 0.212. The van der Waals surface area contributed by atoms with Gasteiger partial charge in [-0.15, -0.1) is 5.10 Å². The molecule has 0 saturated heterocycles. The lowest BCUT2D eigenvalue weighted by Crippen LogP contribution is -2.30. The number of sulfone groups is 1. The fourth-order valence-corrected chi connectivity index (χ4v) is 1.59. The molecule has 1 aliphatic heterocycles. The Morgan fingerprint density at radius 3 is 2.75 bits per heavy atom. The van der Waals surface area contributed by atoms with Crippen molar-refractivity contribution in [2.45, 2.75) is 6.92 Å². The second kappa shape index (κ2) is 4.69. The van der Waals surface area contributed by atoms with Gasteiger partial charge in [0, 0.05) is 6.26 Å². The molecule has 0 aromatic carbocycles. The molecule has 16 heavy (non-hydrogen) atoms. The first-order valence-electron chi connectivity index (χ1n) is 4.75. The van der Waals surface area contributed by atoms with E-state index in [1.165, 1.54) is 0 Å². The van der Waals surface area contributed by atoms with E-state index in [9.17, 15) is 13.2 Å². The van der Waals surface area contributed by atoms with E-state index in [2.05, 4.69) is 5.10 Å². The topological polar surface area (TPSA) is 102 Å². The summed E-state index contributed by atoms with van der Waals surface area (Å²) in [4.78, 5) is 10.8. The number of hydrogen-bond donors (Lipinski definition) is 1. The van der Waals surface area contributed by atoms with Crippen LogP contribution >= 0.6 is 0 Å². The van der Waals surface area contributed by atoms with E-state index in [4.69, 9.17) is 10.5 Å². The van der Waals surface area contributed by atoms with Gasteiger partial charge < -0.3 is 10.5 Å². The summed E-state index contributed by atoms with van der Waals surface area (Å²) >= 11 is 0. The van der Waals surface area contributed by atoms with E-state index in [1.807, 2.05) is 6.92 Å². The third kappa shape index (κ3) is 3.69. The summed E-state index contributed by atoms with van der Waals surface area (Å²) in [6.45, 7) is 2.22. The Labute approximate surface area is 94.2 Å². The normalized spacial score (nSPS) is 20.8. The van der Waals surface area contributed by atoms with Gasteiger partial charge >= 0.3 is 6.03 Å². The van der Waals surface area contributed by atoms with Crippen LogP contribution in [-0.4, -0.2) is 50.5 Å². The van der Waals surface area contributed by atoms with E-state index >= 15 is 0 Å². The number of primary amides is 1. The van der Waals surface area contributed by atoms with Crippen molar-refractivity contribution in [1.82, 2.24) is 5.01 Å². The first-order chi connectivity index (χ1) is 7.29. The molecule has 0 spiro atoms. The highest BCUT2D eigenvalue weighted by atomic mass is 32.2. The molecule has 8 heteroatoms.